The molecule has 0 unspecified atom stereocenters. The van der Waals surface area contributed by atoms with Crippen LogP contribution in [0.4, 0.5) is 0 Å². The van der Waals surface area contributed by atoms with Crippen LogP contribution in [0, 0.1) is 6.92 Å². The highest BCUT2D eigenvalue weighted by Crippen LogP contribution is 2.16. The molecular weight excluding hydrogens is 248 g/mol. The molecule has 0 bridgehead atoms. The Kier molecular flexibility index (Phi) is 4.72. The van der Waals surface area contributed by atoms with Gasteiger partial charge in [0.15, 0.2) is 5.82 Å². The smallest absolute Gasteiger partial charge is 0.155 e. The van der Waals surface area contributed by atoms with Crippen LogP contribution >= 0.6 is 11.8 Å². The highest BCUT2D eigenvalue weighted by molar-refractivity contribution is 7.99. The quantitative estimate of drug-likeness (QED) is 0.589. The maximum Gasteiger partial charge on any atom is 0.155 e. The van der Waals surface area contributed by atoms with Crippen LogP contribution in [-0.4, -0.2) is 32.6 Å². The van der Waals surface area contributed by atoms with Crippen LogP contribution in [-0.2, 0) is 17.9 Å². The molecule has 0 aliphatic rings. The molecule has 6 heteroatoms. The third-order valence-corrected chi connectivity index (χ3v) is 3.17. The molecule has 0 atom stereocenters. The summed E-state index contributed by atoms with van der Waals surface area (Å²) < 4.78 is 6.97. The van der Waals surface area contributed by atoms with Gasteiger partial charge in [-0.15, -0.1) is 11.8 Å². The Bertz CT molecular complexity index is 487. The first kappa shape index (κ1) is 13.0. The molecule has 0 aliphatic carbocycles. The minimum atomic E-state index is 0.453. The Morgan fingerprint density at radius 3 is 3.00 bits per heavy atom. The van der Waals surface area contributed by atoms with Crippen LogP contribution in [0.3, 0.4) is 0 Å². The van der Waals surface area contributed by atoms with E-state index in [4.69, 9.17) is 4.74 Å². The molecule has 0 spiro atoms. The number of hydrogen-bond donors (Lipinski definition) is 0. The summed E-state index contributed by atoms with van der Waals surface area (Å²) in [6.07, 6.45) is 3.75. The van der Waals surface area contributed by atoms with Crippen molar-refractivity contribution in [3.05, 3.63) is 36.0 Å². The number of hydrogen-bond acceptors (Lipinski definition) is 5. The number of ether oxygens (including phenoxy) is 1. The molecule has 5 nitrogen and oxygen atoms in total. The fourth-order valence-electron chi connectivity index (χ4n) is 1.54. The minimum Gasteiger partial charge on any atom is -0.377 e. The maximum absolute atomic E-state index is 5.05. The van der Waals surface area contributed by atoms with Gasteiger partial charge >= 0.3 is 0 Å². The third kappa shape index (κ3) is 3.82. The van der Waals surface area contributed by atoms with Gasteiger partial charge in [-0.1, -0.05) is 0 Å². The van der Waals surface area contributed by atoms with Crippen molar-refractivity contribution in [2.24, 2.45) is 0 Å². The third-order valence-electron chi connectivity index (χ3n) is 2.28. The van der Waals surface area contributed by atoms with Crippen molar-refractivity contribution in [1.82, 2.24) is 19.7 Å². The second-order valence-corrected chi connectivity index (χ2v) is 4.93. The van der Waals surface area contributed by atoms with Gasteiger partial charge in [-0.05, 0) is 19.1 Å². The van der Waals surface area contributed by atoms with Gasteiger partial charge in [0.1, 0.15) is 11.6 Å². The largest absolute Gasteiger partial charge is 0.377 e. The normalized spacial score (nSPS) is 10.8. The van der Waals surface area contributed by atoms with Crippen LogP contribution in [0.2, 0.25) is 0 Å². The highest BCUT2D eigenvalue weighted by atomic mass is 32.2. The van der Waals surface area contributed by atoms with Crippen molar-refractivity contribution < 1.29 is 4.74 Å². The van der Waals surface area contributed by atoms with E-state index in [1.807, 2.05) is 29.9 Å². The molecule has 0 amide bonds. The molecule has 2 rings (SSSR count). The minimum absolute atomic E-state index is 0.453. The molecule has 0 saturated carbocycles. The Morgan fingerprint density at radius 2 is 2.28 bits per heavy atom. The van der Waals surface area contributed by atoms with Gasteiger partial charge in [-0.2, -0.15) is 5.10 Å². The number of methoxy groups -OCH3 is 1. The number of nitrogens with zero attached hydrogens (tertiary/aromatic N) is 4. The Hall–Kier alpha value is -1.40. The SMILES string of the molecule is COCc1nc(C)cc(SCCn2cccn2)n1. The lowest BCUT2D eigenvalue weighted by Crippen LogP contribution is -2.03. The van der Waals surface area contributed by atoms with Crippen molar-refractivity contribution >= 4 is 11.8 Å². The molecule has 2 aromatic heterocycles. The van der Waals surface area contributed by atoms with Crippen LogP contribution in [0.5, 0.6) is 0 Å². The molecule has 0 N–H and O–H groups in total. The Morgan fingerprint density at radius 1 is 1.39 bits per heavy atom. The van der Waals surface area contributed by atoms with Crippen LogP contribution < -0.4 is 0 Å². The van der Waals surface area contributed by atoms with Crippen molar-refractivity contribution in [1.29, 1.82) is 0 Å². The summed E-state index contributed by atoms with van der Waals surface area (Å²) in [5.41, 5.74) is 0.971. The average Bonchev–Trinajstić information content (AvgIpc) is 2.82. The maximum atomic E-state index is 5.05. The first-order chi connectivity index (χ1) is 8.78. The molecule has 18 heavy (non-hydrogen) atoms. The van der Waals surface area contributed by atoms with E-state index in [1.54, 1.807) is 25.1 Å². The predicted molar refractivity (Wildman–Crippen MR) is 70.4 cm³/mol. The van der Waals surface area contributed by atoms with Gasteiger partial charge in [0.05, 0.1) is 6.54 Å². The van der Waals surface area contributed by atoms with Gasteiger partial charge in [0, 0.05) is 31.0 Å². The molecule has 0 saturated heterocycles. The summed E-state index contributed by atoms with van der Waals surface area (Å²) in [7, 11) is 1.65. The summed E-state index contributed by atoms with van der Waals surface area (Å²) in [4.78, 5) is 8.75. The van der Waals surface area contributed by atoms with E-state index in [-0.39, 0.29) is 0 Å². The predicted octanol–water partition coefficient (Wildman–Crippen LogP) is 1.92. The number of thioether (sulfide) groups is 1. The standard InChI is InChI=1S/C12H16N4OS/c1-10-8-12(15-11(14-10)9-17-2)18-7-6-16-5-3-4-13-16/h3-5,8H,6-7,9H2,1-2H3. The summed E-state index contributed by atoms with van der Waals surface area (Å²) in [5.74, 6) is 1.67. The molecule has 2 aromatic rings. The zero-order valence-electron chi connectivity index (χ0n) is 10.5. The number of aromatic nitrogens is 4. The van der Waals surface area contributed by atoms with Crippen molar-refractivity contribution in [3.8, 4) is 0 Å². The van der Waals surface area contributed by atoms with Gasteiger partial charge in [-0.3, -0.25) is 4.68 Å². The molecule has 0 fully saturated rings. The molecule has 0 radical (unpaired) electrons. The van der Waals surface area contributed by atoms with E-state index in [9.17, 15) is 0 Å². The zero-order chi connectivity index (χ0) is 12.8. The highest BCUT2D eigenvalue weighted by Gasteiger charge is 2.03. The Labute approximate surface area is 111 Å². The Balaban J connectivity index is 1.92. The topological polar surface area (TPSA) is 52.8 Å². The summed E-state index contributed by atoms with van der Waals surface area (Å²) >= 11 is 1.71. The van der Waals surface area contributed by atoms with Crippen molar-refractivity contribution in [3.63, 3.8) is 0 Å². The summed E-state index contributed by atoms with van der Waals surface area (Å²) in [6.45, 7) is 3.30. The first-order valence-corrected chi connectivity index (χ1v) is 6.70. The molecule has 0 aromatic carbocycles. The first-order valence-electron chi connectivity index (χ1n) is 5.71. The molecule has 2 heterocycles. The summed E-state index contributed by atoms with van der Waals surface area (Å²) in [5, 5.41) is 5.15. The lowest BCUT2D eigenvalue weighted by molar-refractivity contribution is 0.177. The lowest BCUT2D eigenvalue weighted by Gasteiger charge is -2.05. The number of rotatable bonds is 6. The van der Waals surface area contributed by atoms with E-state index >= 15 is 0 Å². The van der Waals surface area contributed by atoms with Crippen molar-refractivity contribution in [2.75, 3.05) is 12.9 Å². The van der Waals surface area contributed by atoms with E-state index in [2.05, 4.69) is 15.1 Å². The van der Waals surface area contributed by atoms with E-state index in [0.717, 1.165) is 28.8 Å². The second-order valence-electron chi connectivity index (χ2n) is 3.81. The number of aryl methyl sites for hydroxylation is 2. The van der Waals surface area contributed by atoms with Gasteiger partial charge in [0.2, 0.25) is 0 Å². The monoisotopic (exact) mass is 264 g/mol. The van der Waals surface area contributed by atoms with Crippen LogP contribution in [0.1, 0.15) is 11.5 Å². The molecule has 96 valence electrons. The van der Waals surface area contributed by atoms with Gasteiger partial charge in [0.25, 0.3) is 0 Å². The van der Waals surface area contributed by atoms with Crippen LogP contribution in [0.15, 0.2) is 29.6 Å². The van der Waals surface area contributed by atoms with E-state index < -0.39 is 0 Å². The van der Waals surface area contributed by atoms with Gasteiger partial charge < -0.3 is 4.74 Å². The second kappa shape index (κ2) is 6.51. The fourth-order valence-corrected chi connectivity index (χ4v) is 2.45. The van der Waals surface area contributed by atoms with Crippen molar-refractivity contribution in [2.45, 2.75) is 25.1 Å². The van der Waals surface area contributed by atoms with E-state index in [1.165, 1.54) is 0 Å². The average molecular weight is 264 g/mol. The zero-order valence-corrected chi connectivity index (χ0v) is 11.4. The summed E-state index contributed by atoms with van der Waals surface area (Å²) in [6, 6.07) is 3.92. The fraction of sp³-hybridized carbons (Fsp3) is 0.417. The molecular formula is C12H16N4OS. The van der Waals surface area contributed by atoms with Crippen LogP contribution in [0.25, 0.3) is 0 Å². The lowest BCUT2D eigenvalue weighted by atomic mass is 10.4. The van der Waals surface area contributed by atoms with Gasteiger partial charge in [-0.25, -0.2) is 9.97 Å². The molecule has 0 aliphatic heterocycles. The van der Waals surface area contributed by atoms with E-state index in [0.29, 0.717) is 6.61 Å².